The van der Waals surface area contributed by atoms with Gasteiger partial charge >= 0.3 is 0 Å². The van der Waals surface area contributed by atoms with E-state index in [1.54, 1.807) is 0 Å². The van der Waals surface area contributed by atoms with Crippen LogP contribution in [-0.4, -0.2) is 54.2 Å². The van der Waals surface area contributed by atoms with E-state index in [0.717, 1.165) is 38.3 Å². The second-order valence-corrected chi connectivity index (χ2v) is 5.77. The number of ether oxygens (including phenoxy) is 1. The Kier molecular flexibility index (Phi) is 6.21. The molecule has 6 heteroatoms. The van der Waals surface area contributed by atoms with Crippen molar-refractivity contribution in [3.63, 3.8) is 0 Å². The molecule has 5 nitrogen and oxygen atoms in total. The molecule has 0 aliphatic carbocycles. The minimum atomic E-state index is 0.409. The Morgan fingerprint density at radius 3 is 2.67 bits per heavy atom. The average Bonchev–Trinajstić information content (AvgIpc) is 2.51. The number of hydrogen-bond acceptors (Lipinski definition) is 5. The van der Waals surface area contributed by atoms with Gasteiger partial charge < -0.3 is 14.5 Å². The molecule has 2 heterocycles. The Morgan fingerprint density at radius 2 is 2.05 bits per heavy atom. The quantitative estimate of drug-likeness (QED) is 0.755. The molecule has 1 aromatic rings. The number of hydrogen-bond donors (Lipinski definition) is 0. The van der Waals surface area contributed by atoms with Crippen LogP contribution >= 0.6 is 11.6 Å². The third-order valence-electron chi connectivity index (χ3n) is 4.08. The number of nitrogens with zero attached hydrogens (tertiary/aromatic N) is 4. The van der Waals surface area contributed by atoms with E-state index in [0.29, 0.717) is 30.2 Å². The standard InChI is InChI=1S/C15H25ClN4O/c1-4-20-8-6-12(7-9-20)19(3)15-10-13(16)17-14(18-15)11-21-5-2/h10,12H,4-9,11H2,1-3H3. The van der Waals surface area contributed by atoms with Crippen molar-refractivity contribution in [2.45, 2.75) is 39.3 Å². The minimum absolute atomic E-state index is 0.409. The Hall–Kier alpha value is -0.910. The maximum Gasteiger partial charge on any atom is 0.158 e. The van der Waals surface area contributed by atoms with E-state index in [2.05, 4.69) is 33.7 Å². The van der Waals surface area contributed by atoms with Crippen LogP contribution in [0, 0.1) is 0 Å². The van der Waals surface area contributed by atoms with Crippen LogP contribution in [0.25, 0.3) is 0 Å². The monoisotopic (exact) mass is 312 g/mol. The normalized spacial score (nSPS) is 17.1. The number of anilines is 1. The fourth-order valence-corrected chi connectivity index (χ4v) is 2.90. The molecule has 0 bridgehead atoms. The molecule has 0 N–H and O–H groups in total. The summed E-state index contributed by atoms with van der Waals surface area (Å²) in [4.78, 5) is 13.5. The summed E-state index contributed by atoms with van der Waals surface area (Å²) in [6, 6.07) is 2.35. The summed E-state index contributed by atoms with van der Waals surface area (Å²) in [6.45, 7) is 8.66. The SMILES string of the molecule is CCOCc1nc(Cl)cc(N(C)C2CCN(CC)CC2)n1. The van der Waals surface area contributed by atoms with Gasteiger partial charge in [0.15, 0.2) is 5.82 Å². The molecule has 0 atom stereocenters. The Labute approximate surface area is 132 Å². The average molecular weight is 313 g/mol. The zero-order chi connectivity index (χ0) is 15.2. The zero-order valence-electron chi connectivity index (χ0n) is 13.2. The number of halogens is 1. The van der Waals surface area contributed by atoms with Crippen LogP contribution in [-0.2, 0) is 11.3 Å². The van der Waals surface area contributed by atoms with Crippen LogP contribution in [0.1, 0.15) is 32.5 Å². The molecular weight excluding hydrogens is 288 g/mol. The molecule has 118 valence electrons. The van der Waals surface area contributed by atoms with Gasteiger partial charge in [-0.2, -0.15) is 0 Å². The molecule has 1 saturated heterocycles. The van der Waals surface area contributed by atoms with E-state index in [1.807, 2.05) is 13.0 Å². The molecule has 0 unspecified atom stereocenters. The number of piperidine rings is 1. The van der Waals surface area contributed by atoms with Crippen molar-refractivity contribution in [3.05, 3.63) is 17.0 Å². The van der Waals surface area contributed by atoms with Gasteiger partial charge in [0.25, 0.3) is 0 Å². The summed E-state index contributed by atoms with van der Waals surface area (Å²) in [6.07, 6.45) is 2.32. The Balaban J connectivity index is 2.04. The predicted molar refractivity (Wildman–Crippen MR) is 85.9 cm³/mol. The summed E-state index contributed by atoms with van der Waals surface area (Å²) in [7, 11) is 2.09. The van der Waals surface area contributed by atoms with Gasteiger partial charge in [-0.3, -0.25) is 0 Å². The third kappa shape index (κ3) is 4.53. The van der Waals surface area contributed by atoms with Gasteiger partial charge in [0.05, 0.1) is 0 Å². The summed E-state index contributed by atoms with van der Waals surface area (Å²) in [5, 5.41) is 0.479. The molecule has 1 aromatic heterocycles. The van der Waals surface area contributed by atoms with Crippen LogP contribution in [0.2, 0.25) is 5.15 Å². The molecular formula is C15H25ClN4O. The van der Waals surface area contributed by atoms with Crippen LogP contribution in [0.3, 0.4) is 0 Å². The fourth-order valence-electron chi connectivity index (χ4n) is 2.70. The van der Waals surface area contributed by atoms with Crippen molar-refractivity contribution in [2.75, 3.05) is 38.2 Å². The van der Waals surface area contributed by atoms with Crippen LogP contribution in [0.4, 0.5) is 5.82 Å². The number of rotatable bonds is 6. The lowest BCUT2D eigenvalue weighted by molar-refractivity contribution is 0.128. The van der Waals surface area contributed by atoms with Gasteiger partial charge in [0.2, 0.25) is 0 Å². The van der Waals surface area contributed by atoms with Crippen LogP contribution in [0.15, 0.2) is 6.07 Å². The predicted octanol–water partition coefficient (Wildman–Crippen LogP) is 2.59. The largest absolute Gasteiger partial charge is 0.374 e. The van der Waals surface area contributed by atoms with E-state index < -0.39 is 0 Å². The maximum atomic E-state index is 6.12. The van der Waals surface area contributed by atoms with Crippen LogP contribution in [0.5, 0.6) is 0 Å². The zero-order valence-corrected chi connectivity index (χ0v) is 13.9. The molecule has 2 rings (SSSR count). The molecule has 0 aromatic carbocycles. The van der Waals surface area contributed by atoms with E-state index >= 15 is 0 Å². The molecule has 0 amide bonds. The minimum Gasteiger partial charge on any atom is -0.374 e. The van der Waals surface area contributed by atoms with E-state index in [4.69, 9.17) is 16.3 Å². The van der Waals surface area contributed by atoms with Gasteiger partial charge in [0.1, 0.15) is 17.6 Å². The van der Waals surface area contributed by atoms with E-state index in [9.17, 15) is 0 Å². The summed E-state index contributed by atoms with van der Waals surface area (Å²) in [5.41, 5.74) is 0. The fraction of sp³-hybridized carbons (Fsp3) is 0.733. The Morgan fingerprint density at radius 1 is 1.33 bits per heavy atom. The lowest BCUT2D eigenvalue weighted by atomic mass is 10.0. The van der Waals surface area contributed by atoms with Crippen molar-refractivity contribution < 1.29 is 4.74 Å². The highest BCUT2D eigenvalue weighted by Crippen LogP contribution is 2.22. The van der Waals surface area contributed by atoms with Gasteiger partial charge in [-0.15, -0.1) is 0 Å². The van der Waals surface area contributed by atoms with Crippen molar-refractivity contribution in [1.82, 2.24) is 14.9 Å². The lowest BCUT2D eigenvalue weighted by Gasteiger charge is -2.36. The highest BCUT2D eigenvalue weighted by atomic mass is 35.5. The van der Waals surface area contributed by atoms with E-state index in [1.165, 1.54) is 0 Å². The second kappa shape index (κ2) is 7.92. The van der Waals surface area contributed by atoms with Gasteiger partial charge in [-0.25, -0.2) is 9.97 Å². The van der Waals surface area contributed by atoms with Crippen molar-refractivity contribution in [1.29, 1.82) is 0 Å². The first-order valence-electron chi connectivity index (χ1n) is 7.70. The highest BCUT2D eigenvalue weighted by Gasteiger charge is 2.23. The van der Waals surface area contributed by atoms with Gasteiger partial charge in [-0.05, 0) is 26.3 Å². The van der Waals surface area contributed by atoms with Gasteiger partial charge in [-0.1, -0.05) is 18.5 Å². The molecule has 21 heavy (non-hydrogen) atoms. The number of likely N-dealkylation sites (tertiary alicyclic amines) is 1. The summed E-state index contributed by atoms with van der Waals surface area (Å²) < 4.78 is 5.37. The smallest absolute Gasteiger partial charge is 0.158 e. The first-order valence-corrected chi connectivity index (χ1v) is 8.08. The van der Waals surface area contributed by atoms with Crippen molar-refractivity contribution in [3.8, 4) is 0 Å². The number of aromatic nitrogens is 2. The highest BCUT2D eigenvalue weighted by molar-refractivity contribution is 6.29. The van der Waals surface area contributed by atoms with E-state index in [-0.39, 0.29) is 0 Å². The molecule has 1 fully saturated rings. The maximum absolute atomic E-state index is 6.12. The Bertz CT molecular complexity index is 449. The molecule has 1 aliphatic rings. The van der Waals surface area contributed by atoms with Gasteiger partial charge in [0, 0.05) is 38.9 Å². The molecule has 0 radical (unpaired) electrons. The van der Waals surface area contributed by atoms with Crippen molar-refractivity contribution >= 4 is 17.4 Å². The third-order valence-corrected chi connectivity index (χ3v) is 4.27. The summed E-state index contributed by atoms with van der Waals surface area (Å²) >= 11 is 6.12. The molecule has 0 saturated carbocycles. The first kappa shape index (κ1) is 16.5. The molecule has 1 aliphatic heterocycles. The molecule has 0 spiro atoms. The summed E-state index contributed by atoms with van der Waals surface area (Å²) in [5.74, 6) is 1.54. The lowest BCUT2D eigenvalue weighted by Crippen LogP contribution is -2.43. The second-order valence-electron chi connectivity index (χ2n) is 5.38. The van der Waals surface area contributed by atoms with Crippen molar-refractivity contribution in [2.24, 2.45) is 0 Å². The first-order chi connectivity index (χ1) is 10.1. The van der Waals surface area contributed by atoms with Crippen LogP contribution < -0.4 is 4.90 Å². The topological polar surface area (TPSA) is 41.5 Å².